The van der Waals surface area contributed by atoms with Crippen molar-refractivity contribution in [3.05, 3.63) is 0 Å². The Morgan fingerprint density at radius 2 is 1.17 bits per heavy atom. The van der Waals surface area contributed by atoms with Crippen molar-refractivity contribution in [3.8, 4) is 0 Å². The lowest BCUT2D eigenvalue weighted by Gasteiger charge is -2.21. The van der Waals surface area contributed by atoms with Crippen LogP contribution in [-0.2, 0) is 9.47 Å². The molecule has 130 valence electrons. The van der Waals surface area contributed by atoms with E-state index in [-0.39, 0.29) is 0 Å². The molecule has 0 atom stereocenters. The lowest BCUT2D eigenvalue weighted by atomic mass is 9.98. The molecule has 23 heavy (non-hydrogen) atoms. The lowest BCUT2D eigenvalue weighted by molar-refractivity contribution is 0.0601. The lowest BCUT2D eigenvalue weighted by Crippen LogP contribution is -2.16. The summed E-state index contributed by atoms with van der Waals surface area (Å²) in [6.07, 6.45) is 13.8. The van der Waals surface area contributed by atoms with Crippen molar-refractivity contribution in [2.75, 3.05) is 11.9 Å². The molecule has 3 rings (SSSR count). The van der Waals surface area contributed by atoms with Gasteiger partial charge in [0.25, 0.3) is 0 Å². The summed E-state index contributed by atoms with van der Waals surface area (Å²) < 4.78 is 13.9. The first-order valence-corrected chi connectivity index (χ1v) is 11.5. The average Bonchev–Trinajstić information content (AvgIpc) is 3.05. The van der Waals surface area contributed by atoms with Gasteiger partial charge >= 0.3 is 0 Å². The van der Waals surface area contributed by atoms with E-state index >= 15 is 0 Å². The summed E-state index contributed by atoms with van der Waals surface area (Å²) in [7, 11) is 0. The normalized spacial score (nSPS) is 20.9. The first-order valence-electron chi connectivity index (χ1n) is 8.72. The van der Waals surface area contributed by atoms with E-state index in [1.54, 1.807) is 34.9 Å². The molecule has 0 amide bonds. The Bertz CT molecular complexity index is 408. The third kappa shape index (κ3) is 6.53. The van der Waals surface area contributed by atoms with Gasteiger partial charge in [0.05, 0.1) is 24.1 Å². The summed E-state index contributed by atoms with van der Waals surface area (Å²) in [4.78, 5) is 0. The number of hydrogen-bond acceptors (Lipinski definition) is 7. The van der Waals surface area contributed by atoms with E-state index in [9.17, 15) is 0 Å². The number of aromatic nitrogens is 2. The molecule has 0 unspecified atom stereocenters. The van der Waals surface area contributed by atoms with Crippen LogP contribution in [0.4, 0.5) is 0 Å². The maximum absolute atomic E-state index is 5.93. The monoisotopic (exact) mass is 374 g/mol. The Morgan fingerprint density at radius 3 is 1.61 bits per heavy atom. The largest absolute Gasteiger partial charge is 0.367 e. The van der Waals surface area contributed by atoms with E-state index in [0.717, 1.165) is 8.68 Å². The molecule has 2 saturated carbocycles. The molecule has 0 spiro atoms. The third-order valence-electron chi connectivity index (χ3n) is 4.46. The minimum Gasteiger partial charge on any atom is -0.367 e. The molecule has 2 aliphatic carbocycles. The van der Waals surface area contributed by atoms with E-state index in [1.807, 2.05) is 0 Å². The Kier molecular flexibility index (Phi) is 8.00. The zero-order chi connectivity index (χ0) is 15.7. The molecule has 0 aliphatic heterocycles. The summed E-state index contributed by atoms with van der Waals surface area (Å²) in [5, 5.41) is 8.48. The summed E-state index contributed by atoms with van der Waals surface area (Å²) >= 11 is 4.98. The molecule has 4 nitrogen and oxygen atoms in total. The fourth-order valence-corrected chi connectivity index (χ4v) is 5.76. The van der Waals surface area contributed by atoms with Crippen molar-refractivity contribution in [1.82, 2.24) is 10.2 Å². The van der Waals surface area contributed by atoms with Crippen molar-refractivity contribution in [1.29, 1.82) is 0 Å². The molecule has 0 radical (unpaired) electrons. The van der Waals surface area contributed by atoms with Gasteiger partial charge in [-0.1, -0.05) is 73.4 Å². The Labute approximate surface area is 151 Å². The second-order valence-electron chi connectivity index (χ2n) is 6.21. The van der Waals surface area contributed by atoms with E-state index < -0.39 is 0 Å². The first-order chi connectivity index (χ1) is 11.4. The van der Waals surface area contributed by atoms with Gasteiger partial charge in [-0.3, -0.25) is 0 Å². The predicted molar refractivity (Wildman–Crippen MR) is 97.3 cm³/mol. The maximum atomic E-state index is 5.93. The molecule has 1 aromatic rings. The topological polar surface area (TPSA) is 44.2 Å². The van der Waals surface area contributed by atoms with Gasteiger partial charge in [-0.2, -0.15) is 0 Å². The Balaban J connectivity index is 1.29. The third-order valence-corrected chi connectivity index (χ3v) is 7.35. The SMILES string of the molecule is C1CCC(OCSc2nnc(SCOC3CCCCC3)s2)CC1. The molecule has 0 saturated heterocycles. The van der Waals surface area contributed by atoms with Gasteiger partial charge in [-0.05, 0) is 25.7 Å². The van der Waals surface area contributed by atoms with Gasteiger partial charge in [-0.25, -0.2) is 0 Å². The first kappa shape index (κ1) is 18.0. The predicted octanol–water partition coefficient (Wildman–Crippen LogP) is 5.34. The van der Waals surface area contributed by atoms with E-state index in [0.29, 0.717) is 24.1 Å². The zero-order valence-corrected chi connectivity index (χ0v) is 16.0. The Hall–Kier alpha value is 0.180. The van der Waals surface area contributed by atoms with Crippen molar-refractivity contribution in [3.63, 3.8) is 0 Å². The standard InChI is InChI=1S/C16H26N2O2S3/c1-3-7-13(8-4-1)19-11-21-15-17-18-16(23-15)22-12-20-14-9-5-2-6-10-14/h13-14H,1-12H2. The van der Waals surface area contributed by atoms with Crippen LogP contribution in [0.1, 0.15) is 64.2 Å². The molecule has 1 aromatic heterocycles. The van der Waals surface area contributed by atoms with Gasteiger partial charge in [0.1, 0.15) is 0 Å². The molecule has 0 aromatic carbocycles. The highest BCUT2D eigenvalue weighted by molar-refractivity contribution is 8.03. The van der Waals surface area contributed by atoms with E-state index in [4.69, 9.17) is 9.47 Å². The zero-order valence-electron chi connectivity index (χ0n) is 13.6. The van der Waals surface area contributed by atoms with Crippen LogP contribution < -0.4 is 0 Å². The van der Waals surface area contributed by atoms with Crippen LogP contribution in [-0.4, -0.2) is 34.3 Å². The van der Waals surface area contributed by atoms with Gasteiger partial charge in [0.15, 0.2) is 8.68 Å². The van der Waals surface area contributed by atoms with Crippen LogP contribution in [0.3, 0.4) is 0 Å². The number of hydrogen-bond donors (Lipinski definition) is 0. The minimum absolute atomic E-state index is 0.460. The van der Waals surface area contributed by atoms with Crippen molar-refractivity contribution in [2.45, 2.75) is 85.1 Å². The van der Waals surface area contributed by atoms with Crippen LogP contribution >= 0.6 is 34.9 Å². The van der Waals surface area contributed by atoms with Gasteiger partial charge < -0.3 is 9.47 Å². The molecular formula is C16H26N2O2S3. The van der Waals surface area contributed by atoms with Gasteiger partial charge in [0, 0.05) is 0 Å². The second kappa shape index (κ2) is 10.2. The van der Waals surface area contributed by atoms with Crippen molar-refractivity contribution >= 4 is 34.9 Å². The minimum atomic E-state index is 0.460. The smallest absolute Gasteiger partial charge is 0.177 e. The summed E-state index contributed by atoms with van der Waals surface area (Å²) in [6, 6.07) is 0. The van der Waals surface area contributed by atoms with Crippen LogP contribution in [0.15, 0.2) is 8.68 Å². The van der Waals surface area contributed by atoms with E-state index in [2.05, 4.69) is 10.2 Å². The highest BCUT2D eigenvalue weighted by Crippen LogP contribution is 2.31. The number of thioether (sulfide) groups is 2. The van der Waals surface area contributed by atoms with Crippen LogP contribution in [0.25, 0.3) is 0 Å². The van der Waals surface area contributed by atoms with Crippen molar-refractivity contribution in [2.24, 2.45) is 0 Å². The maximum Gasteiger partial charge on any atom is 0.177 e. The van der Waals surface area contributed by atoms with Crippen LogP contribution in [0, 0.1) is 0 Å². The summed E-state index contributed by atoms with van der Waals surface area (Å²) in [5.41, 5.74) is 0. The Morgan fingerprint density at radius 1 is 0.739 bits per heavy atom. The average molecular weight is 375 g/mol. The van der Waals surface area contributed by atoms with Crippen LogP contribution in [0.2, 0.25) is 0 Å². The summed E-state index contributed by atoms with van der Waals surface area (Å²) in [6.45, 7) is 0. The molecule has 0 bridgehead atoms. The van der Waals surface area contributed by atoms with E-state index in [1.165, 1.54) is 64.2 Å². The number of rotatable bonds is 8. The quantitative estimate of drug-likeness (QED) is 0.452. The van der Waals surface area contributed by atoms with Gasteiger partial charge in [0.2, 0.25) is 0 Å². The number of ether oxygens (including phenoxy) is 2. The highest BCUT2D eigenvalue weighted by Gasteiger charge is 2.15. The molecule has 0 N–H and O–H groups in total. The second-order valence-corrected chi connectivity index (χ2v) is 9.53. The van der Waals surface area contributed by atoms with Crippen molar-refractivity contribution < 1.29 is 9.47 Å². The highest BCUT2D eigenvalue weighted by atomic mass is 32.2. The van der Waals surface area contributed by atoms with Crippen LogP contribution in [0.5, 0.6) is 0 Å². The van der Waals surface area contributed by atoms with Gasteiger partial charge in [-0.15, -0.1) is 10.2 Å². The molecule has 2 fully saturated rings. The molecular weight excluding hydrogens is 348 g/mol. The number of nitrogens with zero attached hydrogens (tertiary/aromatic N) is 2. The fraction of sp³-hybridized carbons (Fsp3) is 0.875. The molecule has 1 heterocycles. The summed E-state index contributed by atoms with van der Waals surface area (Å²) in [5.74, 6) is 1.39. The fourth-order valence-electron chi connectivity index (χ4n) is 3.14. The molecule has 7 heteroatoms. The molecule has 2 aliphatic rings.